The number of likely N-dealkylation sites (N-methyl/N-ethyl adjacent to an activating group) is 1. The summed E-state index contributed by atoms with van der Waals surface area (Å²) in [6.45, 7) is 1.69. The van der Waals surface area contributed by atoms with Crippen LogP contribution in [0.4, 0.5) is 5.69 Å². The third-order valence-corrected chi connectivity index (χ3v) is 9.21. The van der Waals surface area contributed by atoms with Gasteiger partial charge in [-0.25, -0.2) is 0 Å². The second-order valence-electron chi connectivity index (χ2n) is 10.2. The van der Waals surface area contributed by atoms with Gasteiger partial charge in [-0.1, -0.05) is 108 Å². The van der Waals surface area contributed by atoms with Gasteiger partial charge in [0.2, 0.25) is 5.72 Å². The number of benzene rings is 4. The molecule has 3 aliphatic heterocycles. The lowest BCUT2D eigenvalue weighted by atomic mass is 9.77. The van der Waals surface area contributed by atoms with E-state index in [9.17, 15) is 0 Å². The van der Waals surface area contributed by atoms with Crippen molar-refractivity contribution in [2.24, 2.45) is 11.1 Å². The largest absolute Gasteiger partial charge is 0.359 e. The number of thioether (sulfide) groups is 1. The van der Waals surface area contributed by atoms with Gasteiger partial charge in [-0.05, 0) is 36.4 Å². The topological polar surface area (TPSA) is 28.1 Å². The van der Waals surface area contributed by atoms with Crippen molar-refractivity contribution < 1.29 is 4.84 Å². The molecular formula is C33H29N3OS. The SMILES string of the molecule is CN1C/C(=C\c2ccccc2)[C@]23ON=C(c4ccccc4)N2c2ccccc2S[C@@H](c2ccccc2)[C@@H]3C1. The summed E-state index contributed by atoms with van der Waals surface area (Å²) in [5, 5.41) is 5.06. The molecule has 1 fully saturated rings. The fourth-order valence-electron chi connectivity index (χ4n) is 6.12. The highest BCUT2D eigenvalue weighted by molar-refractivity contribution is 7.99. The van der Waals surface area contributed by atoms with Crippen LogP contribution in [0.15, 0.2) is 131 Å². The lowest BCUT2D eigenvalue weighted by molar-refractivity contribution is -0.0595. The minimum atomic E-state index is -0.756. The molecule has 0 saturated carbocycles. The van der Waals surface area contributed by atoms with Crippen LogP contribution in [0.5, 0.6) is 0 Å². The van der Waals surface area contributed by atoms with Crippen LogP contribution in [0.25, 0.3) is 6.08 Å². The van der Waals surface area contributed by atoms with E-state index in [-0.39, 0.29) is 11.2 Å². The fraction of sp³-hybridized carbons (Fsp3) is 0.182. The van der Waals surface area contributed by atoms with Gasteiger partial charge in [-0.15, -0.1) is 11.8 Å². The molecule has 0 N–H and O–H groups in total. The number of rotatable bonds is 3. The van der Waals surface area contributed by atoms with Gasteiger partial charge in [0.05, 0.1) is 11.6 Å². The standard InChI is InChI=1S/C33H29N3OS/c1-35-22-27(21-24-13-5-2-6-14-24)33-28(23-35)31(25-15-7-3-8-16-25)38-30-20-12-11-19-29(30)36(33)32(34-37-33)26-17-9-4-10-18-26/h2-21,28,31H,22-23H2,1H3/b27-21+/t28-,31-,33+/m0/s1. The molecule has 0 amide bonds. The summed E-state index contributed by atoms with van der Waals surface area (Å²) < 4.78 is 0. The van der Waals surface area contributed by atoms with E-state index in [4.69, 9.17) is 9.99 Å². The highest BCUT2D eigenvalue weighted by atomic mass is 32.2. The summed E-state index contributed by atoms with van der Waals surface area (Å²) in [5.74, 6) is 0.974. The Hall–Kier alpha value is -3.80. The maximum atomic E-state index is 6.84. The van der Waals surface area contributed by atoms with Crippen LogP contribution in [-0.4, -0.2) is 36.6 Å². The van der Waals surface area contributed by atoms with Crippen LogP contribution in [-0.2, 0) is 4.84 Å². The average molecular weight is 516 g/mol. The first kappa shape index (κ1) is 23.3. The molecular weight excluding hydrogens is 486 g/mol. The first-order valence-corrected chi connectivity index (χ1v) is 14.0. The molecule has 0 unspecified atom stereocenters. The van der Waals surface area contributed by atoms with Crippen LogP contribution in [0, 0.1) is 5.92 Å². The van der Waals surface area contributed by atoms with Gasteiger partial charge in [0.25, 0.3) is 0 Å². The Labute approximate surface area is 228 Å². The summed E-state index contributed by atoms with van der Waals surface area (Å²) in [6.07, 6.45) is 2.32. The van der Waals surface area contributed by atoms with Gasteiger partial charge in [0.15, 0.2) is 5.84 Å². The van der Waals surface area contributed by atoms with Crippen molar-refractivity contribution in [3.8, 4) is 0 Å². The van der Waals surface area contributed by atoms with Gasteiger partial charge >= 0.3 is 0 Å². The van der Waals surface area contributed by atoms with E-state index in [0.717, 1.165) is 30.2 Å². The van der Waals surface area contributed by atoms with Gasteiger partial charge in [-0.2, -0.15) is 0 Å². The van der Waals surface area contributed by atoms with Crippen molar-refractivity contribution in [1.82, 2.24) is 4.90 Å². The molecule has 0 bridgehead atoms. The number of amidine groups is 1. The van der Waals surface area contributed by atoms with Gasteiger partial charge in [0, 0.05) is 34.4 Å². The van der Waals surface area contributed by atoms with Gasteiger partial charge in [0.1, 0.15) is 0 Å². The lowest BCUT2D eigenvalue weighted by Gasteiger charge is -2.50. The molecule has 3 atom stereocenters. The normalized spacial score (nSPS) is 25.6. The number of oxime groups is 1. The highest BCUT2D eigenvalue weighted by Crippen LogP contribution is 2.59. The minimum absolute atomic E-state index is 0.112. The van der Waals surface area contributed by atoms with E-state index in [1.807, 2.05) is 17.8 Å². The third kappa shape index (κ3) is 3.77. The Morgan fingerprint density at radius 2 is 1.50 bits per heavy atom. The van der Waals surface area contributed by atoms with E-state index in [2.05, 4.69) is 132 Å². The molecule has 3 heterocycles. The maximum Gasteiger partial charge on any atom is 0.244 e. The number of hydrogen-bond donors (Lipinski definition) is 0. The van der Waals surface area contributed by atoms with Crippen molar-refractivity contribution in [2.45, 2.75) is 15.9 Å². The fourth-order valence-corrected chi connectivity index (χ4v) is 7.56. The summed E-state index contributed by atoms with van der Waals surface area (Å²) in [5.41, 5.74) is 5.14. The van der Waals surface area contributed by atoms with E-state index in [1.54, 1.807) is 0 Å². The summed E-state index contributed by atoms with van der Waals surface area (Å²) in [7, 11) is 2.22. The molecule has 4 aromatic rings. The Kier molecular flexibility index (Phi) is 5.83. The Balaban J connectivity index is 1.51. The first-order chi connectivity index (χ1) is 18.7. The molecule has 0 aliphatic carbocycles. The quantitative estimate of drug-likeness (QED) is 0.292. The second-order valence-corrected chi connectivity index (χ2v) is 11.4. The van der Waals surface area contributed by atoms with Crippen LogP contribution < -0.4 is 4.90 Å². The molecule has 0 radical (unpaired) electrons. The number of hydrogen-bond acceptors (Lipinski definition) is 5. The van der Waals surface area contributed by atoms with Crippen molar-refractivity contribution >= 4 is 29.4 Å². The molecule has 4 nitrogen and oxygen atoms in total. The van der Waals surface area contributed by atoms with E-state index in [0.29, 0.717) is 0 Å². The number of para-hydroxylation sites is 1. The lowest BCUT2D eigenvalue weighted by Crippen LogP contribution is -2.63. The Bertz CT molecular complexity index is 1510. The molecule has 4 aromatic carbocycles. The molecule has 0 aromatic heterocycles. The molecule has 188 valence electrons. The average Bonchev–Trinajstić information content (AvgIpc) is 3.31. The number of fused-ring (bicyclic) bond motifs is 2. The smallest absolute Gasteiger partial charge is 0.244 e. The third-order valence-electron chi connectivity index (χ3n) is 7.75. The number of anilines is 1. The molecule has 5 heteroatoms. The molecule has 3 aliphatic rings. The van der Waals surface area contributed by atoms with Crippen LogP contribution in [0.1, 0.15) is 21.9 Å². The second kappa shape index (κ2) is 9.50. The van der Waals surface area contributed by atoms with Crippen molar-refractivity contribution in [1.29, 1.82) is 0 Å². The zero-order chi connectivity index (χ0) is 25.5. The summed E-state index contributed by atoms with van der Waals surface area (Å²) >= 11 is 1.95. The highest BCUT2D eigenvalue weighted by Gasteiger charge is 2.62. The predicted molar refractivity (Wildman–Crippen MR) is 156 cm³/mol. The van der Waals surface area contributed by atoms with Gasteiger partial charge in [-0.3, -0.25) is 4.90 Å². The van der Waals surface area contributed by atoms with Crippen molar-refractivity contribution in [2.75, 3.05) is 25.0 Å². The summed E-state index contributed by atoms with van der Waals surface area (Å²) in [6, 6.07) is 40.7. The van der Waals surface area contributed by atoms with E-state index < -0.39 is 5.72 Å². The predicted octanol–water partition coefficient (Wildman–Crippen LogP) is 7.07. The number of nitrogens with zero attached hydrogens (tertiary/aromatic N) is 3. The number of likely N-dealkylation sites (tertiary alicyclic amines) is 1. The van der Waals surface area contributed by atoms with Crippen LogP contribution in [0.2, 0.25) is 0 Å². The van der Waals surface area contributed by atoms with E-state index in [1.165, 1.54) is 21.6 Å². The Morgan fingerprint density at radius 1 is 0.842 bits per heavy atom. The maximum absolute atomic E-state index is 6.84. The molecule has 1 saturated heterocycles. The van der Waals surface area contributed by atoms with Gasteiger partial charge < -0.3 is 9.74 Å². The van der Waals surface area contributed by atoms with Crippen molar-refractivity contribution in [3.05, 3.63) is 138 Å². The molecule has 7 rings (SSSR count). The van der Waals surface area contributed by atoms with E-state index >= 15 is 0 Å². The molecule has 1 spiro atoms. The monoisotopic (exact) mass is 515 g/mol. The first-order valence-electron chi connectivity index (χ1n) is 13.1. The number of piperidine rings is 1. The molecule has 38 heavy (non-hydrogen) atoms. The van der Waals surface area contributed by atoms with Crippen LogP contribution >= 0.6 is 11.8 Å². The Morgan fingerprint density at radius 3 is 2.26 bits per heavy atom. The zero-order valence-electron chi connectivity index (χ0n) is 21.3. The van der Waals surface area contributed by atoms with Crippen LogP contribution in [0.3, 0.4) is 0 Å². The zero-order valence-corrected chi connectivity index (χ0v) is 22.1. The van der Waals surface area contributed by atoms with Crippen molar-refractivity contribution in [3.63, 3.8) is 0 Å². The minimum Gasteiger partial charge on any atom is -0.359 e. The summed E-state index contributed by atoms with van der Waals surface area (Å²) in [4.78, 5) is 12.9.